The molecule has 2 aliphatic carbocycles. The Bertz CT molecular complexity index is 645. The van der Waals surface area contributed by atoms with Gasteiger partial charge in [-0.2, -0.15) is 0 Å². The van der Waals surface area contributed by atoms with E-state index in [1.54, 1.807) is 0 Å². The Morgan fingerprint density at radius 2 is 2.18 bits per heavy atom. The molecule has 1 aromatic rings. The standard InChI is InChI=1S/C19H24N2O/c1-12-9-10-15(18(22)11-12)13(2)21-17-8-4-6-14-5-3-7-16(20)19(14)17/h3-7,9-11,13,16-17,19,21-22H,8,20H2,1-2H3. The van der Waals surface area contributed by atoms with Gasteiger partial charge < -0.3 is 16.2 Å². The summed E-state index contributed by atoms with van der Waals surface area (Å²) in [6, 6.07) is 6.26. The molecule has 0 saturated heterocycles. The average Bonchev–Trinajstić information content (AvgIpc) is 2.47. The Balaban J connectivity index is 1.79. The quantitative estimate of drug-likeness (QED) is 0.803. The van der Waals surface area contributed by atoms with E-state index >= 15 is 0 Å². The third-order valence-corrected chi connectivity index (χ3v) is 4.67. The van der Waals surface area contributed by atoms with Crippen LogP contribution in [0.4, 0.5) is 0 Å². The van der Waals surface area contributed by atoms with Crippen molar-refractivity contribution in [1.29, 1.82) is 0 Å². The van der Waals surface area contributed by atoms with Crippen molar-refractivity contribution in [3.8, 4) is 5.75 Å². The predicted molar refractivity (Wildman–Crippen MR) is 90.6 cm³/mol. The van der Waals surface area contributed by atoms with Gasteiger partial charge in [0.25, 0.3) is 0 Å². The van der Waals surface area contributed by atoms with Gasteiger partial charge in [0.05, 0.1) is 0 Å². The third kappa shape index (κ3) is 2.87. The highest BCUT2D eigenvalue weighted by molar-refractivity contribution is 5.39. The lowest BCUT2D eigenvalue weighted by Crippen LogP contribution is -2.47. The minimum atomic E-state index is 0.0428. The van der Waals surface area contributed by atoms with E-state index in [0.29, 0.717) is 11.7 Å². The molecule has 0 heterocycles. The lowest BCUT2D eigenvalue weighted by molar-refractivity contribution is 0.332. The predicted octanol–water partition coefficient (Wildman–Crippen LogP) is 3.12. The van der Waals surface area contributed by atoms with Gasteiger partial charge in [-0.3, -0.25) is 0 Å². The topological polar surface area (TPSA) is 58.3 Å². The first-order chi connectivity index (χ1) is 10.6. The van der Waals surface area contributed by atoms with Crippen LogP contribution in [0, 0.1) is 12.8 Å². The molecule has 0 saturated carbocycles. The summed E-state index contributed by atoms with van der Waals surface area (Å²) in [5.41, 5.74) is 9.59. The fourth-order valence-corrected chi connectivity index (χ4v) is 3.52. The zero-order valence-corrected chi connectivity index (χ0v) is 13.2. The number of fused-ring (bicyclic) bond motifs is 1. The number of aromatic hydroxyl groups is 1. The normalized spacial score (nSPS) is 28.1. The number of hydrogen-bond acceptors (Lipinski definition) is 3. The molecule has 3 heteroatoms. The average molecular weight is 296 g/mol. The minimum absolute atomic E-state index is 0.0428. The minimum Gasteiger partial charge on any atom is -0.508 e. The molecule has 3 rings (SSSR count). The van der Waals surface area contributed by atoms with E-state index in [4.69, 9.17) is 5.73 Å². The van der Waals surface area contributed by atoms with Gasteiger partial charge in [0.15, 0.2) is 0 Å². The Hall–Kier alpha value is -1.84. The van der Waals surface area contributed by atoms with Crippen molar-refractivity contribution in [2.45, 2.75) is 38.4 Å². The Kier molecular flexibility index (Phi) is 4.19. The molecule has 116 valence electrons. The van der Waals surface area contributed by atoms with Gasteiger partial charge >= 0.3 is 0 Å². The van der Waals surface area contributed by atoms with Gasteiger partial charge in [0, 0.05) is 29.6 Å². The molecule has 22 heavy (non-hydrogen) atoms. The summed E-state index contributed by atoms with van der Waals surface area (Å²) in [5, 5.41) is 13.8. The third-order valence-electron chi connectivity index (χ3n) is 4.67. The van der Waals surface area contributed by atoms with Crippen molar-refractivity contribution >= 4 is 0 Å². The van der Waals surface area contributed by atoms with Gasteiger partial charge in [-0.1, -0.05) is 42.5 Å². The van der Waals surface area contributed by atoms with Crippen LogP contribution in [0.3, 0.4) is 0 Å². The molecule has 0 aromatic heterocycles. The highest BCUT2D eigenvalue weighted by Gasteiger charge is 2.32. The molecule has 0 aliphatic heterocycles. The van der Waals surface area contributed by atoms with Crippen molar-refractivity contribution in [2.24, 2.45) is 11.7 Å². The van der Waals surface area contributed by atoms with Crippen LogP contribution in [0.5, 0.6) is 5.75 Å². The molecular weight excluding hydrogens is 272 g/mol. The molecule has 1 aromatic carbocycles. The van der Waals surface area contributed by atoms with E-state index in [2.05, 4.69) is 36.5 Å². The maximum atomic E-state index is 10.2. The summed E-state index contributed by atoms with van der Waals surface area (Å²) in [6.07, 6.45) is 11.6. The first-order valence-corrected chi connectivity index (χ1v) is 7.92. The largest absolute Gasteiger partial charge is 0.508 e. The lowest BCUT2D eigenvalue weighted by atomic mass is 9.77. The highest BCUT2D eigenvalue weighted by atomic mass is 16.3. The Morgan fingerprint density at radius 1 is 1.36 bits per heavy atom. The van der Waals surface area contributed by atoms with Crippen molar-refractivity contribution < 1.29 is 5.11 Å². The number of nitrogens with one attached hydrogen (secondary N) is 1. The smallest absolute Gasteiger partial charge is 0.120 e. The molecule has 4 atom stereocenters. The van der Waals surface area contributed by atoms with Crippen LogP contribution in [-0.4, -0.2) is 17.2 Å². The van der Waals surface area contributed by atoms with Crippen LogP contribution < -0.4 is 11.1 Å². The molecule has 3 nitrogen and oxygen atoms in total. The van der Waals surface area contributed by atoms with E-state index in [9.17, 15) is 5.11 Å². The molecule has 0 bridgehead atoms. The van der Waals surface area contributed by atoms with Crippen LogP contribution in [0.1, 0.15) is 30.5 Å². The van der Waals surface area contributed by atoms with Gasteiger partial charge in [0.1, 0.15) is 5.75 Å². The maximum absolute atomic E-state index is 10.2. The van der Waals surface area contributed by atoms with Crippen molar-refractivity contribution in [3.05, 3.63) is 65.3 Å². The van der Waals surface area contributed by atoms with E-state index in [1.165, 1.54) is 5.57 Å². The van der Waals surface area contributed by atoms with Gasteiger partial charge in [-0.25, -0.2) is 0 Å². The highest BCUT2D eigenvalue weighted by Crippen LogP contribution is 2.33. The summed E-state index contributed by atoms with van der Waals surface area (Å²) in [6.45, 7) is 4.08. The lowest BCUT2D eigenvalue weighted by Gasteiger charge is -2.37. The number of rotatable bonds is 3. The van der Waals surface area contributed by atoms with Crippen molar-refractivity contribution in [2.75, 3.05) is 0 Å². The zero-order valence-electron chi connectivity index (χ0n) is 13.2. The molecule has 2 aliphatic rings. The SMILES string of the molecule is Cc1ccc(C(C)NC2CC=CC3=CC=CC(N)C32)c(O)c1. The molecule has 0 fully saturated rings. The number of aryl methyl sites for hydroxylation is 1. The Labute approximate surface area is 132 Å². The summed E-state index contributed by atoms with van der Waals surface area (Å²) >= 11 is 0. The second-order valence-electron chi connectivity index (χ2n) is 6.35. The van der Waals surface area contributed by atoms with Gasteiger partial charge in [-0.15, -0.1) is 0 Å². The first kappa shape index (κ1) is 15.1. The number of allylic oxidation sites excluding steroid dienone is 3. The van der Waals surface area contributed by atoms with Crippen LogP contribution >= 0.6 is 0 Å². The number of phenolic OH excluding ortho intramolecular Hbond substituents is 1. The molecular formula is C19H24N2O. The fraction of sp³-hybridized carbons (Fsp3) is 0.368. The molecule has 0 radical (unpaired) electrons. The molecule has 0 spiro atoms. The number of phenols is 1. The summed E-state index contributed by atoms with van der Waals surface area (Å²) in [4.78, 5) is 0. The summed E-state index contributed by atoms with van der Waals surface area (Å²) < 4.78 is 0. The second-order valence-corrected chi connectivity index (χ2v) is 6.35. The van der Waals surface area contributed by atoms with Crippen molar-refractivity contribution in [1.82, 2.24) is 5.32 Å². The monoisotopic (exact) mass is 296 g/mol. The van der Waals surface area contributed by atoms with Crippen LogP contribution in [0.25, 0.3) is 0 Å². The number of hydrogen-bond donors (Lipinski definition) is 3. The van der Waals surface area contributed by atoms with Crippen LogP contribution in [0.15, 0.2) is 54.2 Å². The number of benzene rings is 1. The van der Waals surface area contributed by atoms with Crippen LogP contribution in [0.2, 0.25) is 0 Å². The van der Waals surface area contributed by atoms with Crippen LogP contribution in [-0.2, 0) is 0 Å². The fourth-order valence-electron chi connectivity index (χ4n) is 3.52. The second kappa shape index (κ2) is 6.11. The van der Waals surface area contributed by atoms with Gasteiger partial charge in [0.2, 0.25) is 0 Å². The van der Waals surface area contributed by atoms with E-state index < -0.39 is 0 Å². The molecule has 4 N–H and O–H groups in total. The number of nitrogens with two attached hydrogens (primary N) is 1. The first-order valence-electron chi connectivity index (χ1n) is 7.92. The van der Waals surface area contributed by atoms with E-state index in [0.717, 1.165) is 17.5 Å². The molecule has 4 unspecified atom stereocenters. The maximum Gasteiger partial charge on any atom is 0.120 e. The van der Waals surface area contributed by atoms with Gasteiger partial charge in [-0.05, 0) is 37.5 Å². The van der Waals surface area contributed by atoms with E-state index in [1.807, 2.05) is 31.2 Å². The van der Waals surface area contributed by atoms with Crippen molar-refractivity contribution in [3.63, 3.8) is 0 Å². The molecule has 0 amide bonds. The summed E-state index contributed by atoms with van der Waals surface area (Å²) in [5.74, 6) is 0.653. The zero-order chi connectivity index (χ0) is 15.7. The van der Waals surface area contributed by atoms with E-state index in [-0.39, 0.29) is 18.1 Å². The Morgan fingerprint density at radius 3 is 2.95 bits per heavy atom. The summed E-state index contributed by atoms with van der Waals surface area (Å²) in [7, 11) is 0.